The molecule has 0 spiro atoms. The Balaban J connectivity index is 3.42. The lowest BCUT2D eigenvalue weighted by atomic mass is 10.1. The van der Waals surface area contributed by atoms with Crippen LogP contribution >= 0.6 is 0 Å². The molecule has 0 atom stereocenters. The molecule has 0 aliphatic rings. The fourth-order valence-electron chi connectivity index (χ4n) is 1.10. The number of carbonyl (C=O) groups excluding carboxylic acids is 1. The monoisotopic (exact) mass is 213 g/mol. The molecule has 15 heavy (non-hydrogen) atoms. The summed E-state index contributed by atoms with van der Waals surface area (Å²) >= 11 is 0. The van der Waals surface area contributed by atoms with E-state index in [1.807, 2.05) is 0 Å². The van der Waals surface area contributed by atoms with Gasteiger partial charge in [0.1, 0.15) is 6.54 Å². The van der Waals surface area contributed by atoms with Gasteiger partial charge in [0, 0.05) is 0 Å². The van der Waals surface area contributed by atoms with Crippen molar-refractivity contribution in [2.24, 2.45) is 0 Å². The summed E-state index contributed by atoms with van der Waals surface area (Å²) in [5.74, 6) is -1.37. The summed E-state index contributed by atoms with van der Waals surface area (Å²) in [6.07, 6.45) is 8.73. The van der Waals surface area contributed by atoms with Gasteiger partial charge >= 0.3 is 5.97 Å². The number of unbranched alkanes of at least 4 members (excludes halogenated alkanes) is 4. The number of carbonyl (C=O) groups is 2. The molecule has 0 aliphatic carbocycles. The molecule has 0 aromatic carbocycles. The Morgan fingerprint density at radius 3 is 2.60 bits per heavy atom. The highest BCUT2D eigenvalue weighted by molar-refractivity contribution is 5.89. The maximum absolute atomic E-state index is 11.0. The Bertz CT molecular complexity index is 224. The molecular weight excluding hydrogens is 194 g/mol. The van der Waals surface area contributed by atoms with Crippen LogP contribution in [0, 0.1) is 0 Å². The number of nitrogens with one attached hydrogen (secondary N) is 1. The van der Waals surface area contributed by atoms with Crippen molar-refractivity contribution in [2.75, 3.05) is 6.54 Å². The van der Waals surface area contributed by atoms with Crippen molar-refractivity contribution in [2.45, 2.75) is 39.0 Å². The van der Waals surface area contributed by atoms with E-state index in [2.05, 4.69) is 12.2 Å². The van der Waals surface area contributed by atoms with Gasteiger partial charge in [0.25, 0.3) is 0 Å². The molecule has 0 saturated heterocycles. The van der Waals surface area contributed by atoms with E-state index in [9.17, 15) is 9.59 Å². The van der Waals surface area contributed by atoms with E-state index in [0.717, 1.165) is 12.8 Å². The van der Waals surface area contributed by atoms with Crippen molar-refractivity contribution in [3.05, 3.63) is 12.2 Å². The number of aliphatic carboxylic acids is 1. The molecule has 2 N–H and O–H groups in total. The smallest absolute Gasteiger partial charge is 0.322 e. The minimum atomic E-state index is -1.03. The van der Waals surface area contributed by atoms with E-state index in [4.69, 9.17) is 5.11 Å². The number of allylic oxidation sites excluding steroid dienone is 1. The van der Waals surface area contributed by atoms with E-state index in [1.165, 1.54) is 25.3 Å². The van der Waals surface area contributed by atoms with Crippen LogP contribution in [0.3, 0.4) is 0 Å². The standard InChI is InChI=1S/C11H19NO3/c1-2-3-4-5-6-7-8-10(13)12-9-11(14)15/h7-8H,2-6,9H2,1H3,(H,12,13)(H,14,15). The summed E-state index contributed by atoms with van der Waals surface area (Å²) in [6.45, 7) is 1.83. The molecule has 0 aromatic rings. The van der Waals surface area contributed by atoms with Crippen molar-refractivity contribution in [3.8, 4) is 0 Å². The Morgan fingerprint density at radius 1 is 1.27 bits per heavy atom. The van der Waals surface area contributed by atoms with Crippen molar-refractivity contribution in [3.63, 3.8) is 0 Å². The van der Waals surface area contributed by atoms with Gasteiger partial charge in [0.2, 0.25) is 5.91 Å². The van der Waals surface area contributed by atoms with Gasteiger partial charge in [0.05, 0.1) is 0 Å². The van der Waals surface area contributed by atoms with Gasteiger partial charge in [-0.15, -0.1) is 0 Å². The van der Waals surface area contributed by atoms with Crippen LogP contribution in [0.5, 0.6) is 0 Å². The first kappa shape index (κ1) is 13.7. The summed E-state index contributed by atoms with van der Waals surface area (Å²) in [5.41, 5.74) is 0. The number of hydrogen-bond donors (Lipinski definition) is 2. The van der Waals surface area contributed by atoms with Crippen molar-refractivity contribution in [1.29, 1.82) is 0 Å². The predicted octanol–water partition coefficient (Wildman–Crippen LogP) is 1.71. The van der Waals surface area contributed by atoms with Gasteiger partial charge in [-0.2, -0.15) is 0 Å². The van der Waals surface area contributed by atoms with Crippen molar-refractivity contribution < 1.29 is 14.7 Å². The average Bonchev–Trinajstić information content (AvgIpc) is 2.20. The topological polar surface area (TPSA) is 66.4 Å². The van der Waals surface area contributed by atoms with E-state index >= 15 is 0 Å². The Morgan fingerprint density at radius 2 is 2.00 bits per heavy atom. The molecule has 0 bridgehead atoms. The fraction of sp³-hybridized carbons (Fsp3) is 0.636. The predicted molar refractivity (Wildman–Crippen MR) is 58.5 cm³/mol. The minimum absolute atomic E-state index is 0.320. The van der Waals surface area contributed by atoms with E-state index < -0.39 is 5.97 Å². The van der Waals surface area contributed by atoms with Gasteiger partial charge in [-0.1, -0.05) is 32.3 Å². The number of amides is 1. The molecule has 0 rings (SSSR count). The Labute approximate surface area is 90.4 Å². The molecule has 0 heterocycles. The largest absolute Gasteiger partial charge is 0.480 e. The third-order valence-electron chi connectivity index (χ3n) is 1.91. The molecule has 0 aliphatic heterocycles. The summed E-state index contributed by atoms with van der Waals surface area (Å²) in [6, 6.07) is 0. The highest BCUT2D eigenvalue weighted by Crippen LogP contribution is 2.02. The first-order valence-electron chi connectivity index (χ1n) is 5.33. The SMILES string of the molecule is CCCCCCC=CC(=O)NCC(=O)O. The second kappa shape index (κ2) is 9.24. The van der Waals surface area contributed by atoms with Crippen LogP contribution in [-0.4, -0.2) is 23.5 Å². The number of hydrogen-bond acceptors (Lipinski definition) is 2. The van der Waals surface area contributed by atoms with Gasteiger partial charge in [-0.3, -0.25) is 9.59 Å². The molecule has 1 amide bonds. The summed E-state index contributed by atoms with van der Waals surface area (Å²) < 4.78 is 0. The molecule has 0 radical (unpaired) electrons. The van der Waals surface area contributed by atoms with Crippen LogP contribution in [0.4, 0.5) is 0 Å². The molecule has 0 fully saturated rings. The van der Waals surface area contributed by atoms with E-state index in [0.29, 0.717) is 0 Å². The van der Waals surface area contributed by atoms with Crippen LogP contribution in [-0.2, 0) is 9.59 Å². The average molecular weight is 213 g/mol. The second-order valence-electron chi connectivity index (χ2n) is 3.36. The maximum Gasteiger partial charge on any atom is 0.322 e. The minimum Gasteiger partial charge on any atom is -0.480 e. The molecule has 0 saturated carbocycles. The lowest BCUT2D eigenvalue weighted by Gasteiger charge is -1.96. The lowest BCUT2D eigenvalue weighted by Crippen LogP contribution is -2.27. The van der Waals surface area contributed by atoms with Crippen LogP contribution < -0.4 is 5.32 Å². The molecule has 4 nitrogen and oxygen atoms in total. The van der Waals surface area contributed by atoms with Gasteiger partial charge in [-0.25, -0.2) is 0 Å². The first-order chi connectivity index (χ1) is 7.16. The Hall–Kier alpha value is -1.32. The molecule has 0 unspecified atom stereocenters. The fourth-order valence-corrected chi connectivity index (χ4v) is 1.10. The van der Waals surface area contributed by atoms with Crippen LogP contribution in [0.15, 0.2) is 12.2 Å². The lowest BCUT2D eigenvalue weighted by molar-refractivity contribution is -0.137. The molecule has 86 valence electrons. The third kappa shape index (κ3) is 10.6. The molecule has 0 aromatic heterocycles. The summed E-state index contributed by atoms with van der Waals surface area (Å²) in [7, 11) is 0. The van der Waals surface area contributed by atoms with E-state index in [1.54, 1.807) is 6.08 Å². The van der Waals surface area contributed by atoms with Gasteiger partial charge < -0.3 is 10.4 Å². The van der Waals surface area contributed by atoms with Gasteiger partial charge in [-0.05, 0) is 18.9 Å². The quantitative estimate of drug-likeness (QED) is 0.476. The first-order valence-corrected chi connectivity index (χ1v) is 5.33. The summed E-state index contributed by atoms with van der Waals surface area (Å²) in [5, 5.41) is 10.6. The molecule has 4 heteroatoms. The van der Waals surface area contributed by atoms with Crippen LogP contribution in [0.2, 0.25) is 0 Å². The number of rotatable bonds is 8. The third-order valence-corrected chi connectivity index (χ3v) is 1.91. The number of carboxylic acid groups (broad SMARTS) is 1. The second-order valence-corrected chi connectivity index (χ2v) is 3.36. The van der Waals surface area contributed by atoms with Crippen LogP contribution in [0.25, 0.3) is 0 Å². The Kier molecular flexibility index (Phi) is 8.43. The zero-order chi connectivity index (χ0) is 11.5. The highest BCUT2D eigenvalue weighted by Gasteiger charge is 1.98. The van der Waals surface area contributed by atoms with Crippen molar-refractivity contribution >= 4 is 11.9 Å². The van der Waals surface area contributed by atoms with Crippen LogP contribution in [0.1, 0.15) is 39.0 Å². The van der Waals surface area contributed by atoms with Crippen molar-refractivity contribution in [1.82, 2.24) is 5.32 Å². The normalized spacial score (nSPS) is 10.5. The zero-order valence-electron chi connectivity index (χ0n) is 9.16. The zero-order valence-corrected chi connectivity index (χ0v) is 9.16. The highest BCUT2D eigenvalue weighted by atomic mass is 16.4. The van der Waals surface area contributed by atoms with E-state index in [-0.39, 0.29) is 12.5 Å². The number of carboxylic acids is 1. The maximum atomic E-state index is 11.0. The summed E-state index contributed by atoms with van der Waals surface area (Å²) in [4.78, 5) is 21.1. The van der Waals surface area contributed by atoms with Gasteiger partial charge in [0.15, 0.2) is 0 Å². The molecular formula is C11H19NO3.